The van der Waals surface area contributed by atoms with Crippen LogP contribution in [0.3, 0.4) is 0 Å². The second kappa shape index (κ2) is 7.29. The second-order valence-electron chi connectivity index (χ2n) is 7.30. The summed E-state index contributed by atoms with van der Waals surface area (Å²) in [6.07, 6.45) is 3.27. The number of carbonyl (C=O) groups is 1. The van der Waals surface area contributed by atoms with Gasteiger partial charge in [-0.1, -0.05) is 5.10 Å². The Morgan fingerprint density at radius 2 is 1.96 bits per heavy atom. The van der Waals surface area contributed by atoms with E-state index in [1.165, 1.54) is 17.1 Å². The fraction of sp³-hybridized carbons (Fsp3) is 0.474. The van der Waals surface area contributed by atoms with E-state index >= 15 is 0 Å². The first-order valence-corrected chi connectivity index (χ1v) is 9.30. The van der Waals surface area contributed by atoms with Crippen LogP contribution >= 0.6 is 0 Å². The molecule has 0 unspecified atom stereocenters. The summed E-state index contributed by atoms with van der Waals surface area (Å²) in [5.74, 6) is -1.18. The normalized spacial score (nSPS) is 24.8. The predicted octanol–water partition coefficient (Wildman–Crippen LogP) is 3.22. The minimum atomic E-state index is -0.661. The van der Waals surface area contributed by atoms with Crippen molar-refractivity contribution in [3.05, 3.63) is 41.3 Å². The number of aromatic nitrogens is 2. The molecular formula is C19H21F2N5O2. The molecule has 0 bridgehead atoms. The zero-order valence-corrected chi connectivity index (χ0v) is 15.7. The molecule has 28 heavy (non-hydrogen) atoms. The summed E-state index contributed by atoms with van der Waals surface area (Å²) in [5, 5.41) is 13.5. The van der Waals surface area contributed by atoms with Crippen molar-refractivity contribution in [3.8, 4) is 0 Å². The van der Waals surface area contributed by atoms with Gasteiger partial charge in [0.25, 0.3) is 0 Å². The average Bonchev–Trinajstić information content (AvgIpc) is 3.29. The van der Waals surface area contributed by atoms with E-state index in [9.17, 15) is 13.6 Å². The van der Waals surface area contributed by atoms with Crippen molar-refractivity contribution in [2.75, 3.05) is 11.4 Å². The highest BCUT2D eigenvalue weighted by Gasteiger charge is 2.38. The number of piperidine rings is 1. The van der Waals surface area contributed by atoms with Gasteiger partial charge < -0.3 is 9.32 Å². The van der Waals surface area contributed by atoms with Crippen molar-refractivity contribution < 1.29 is 18.0 Å². The molecule has 3 heterocycles. The molecule has 1 aromatic carbocycles. The van der Waals surface area contributed by atoms with Gasteiger partial charge in [0, 0.05) is 44.1 Å². The molecule has 1 amide bonds. The zero-order valence-electron chi connectivity index (χ0n) is 15.7. The van der Waals surface area contributed by atoms with E-state index in [0.29, 0.717) is 43.3 Å². The van der Waals surface area contributed by atoms with Gasteiger partial charge in [-0.3, -0.25) is 4.79 Å². The highest BCUT2D eigenvalue weighted by molar-refractivity contribution is 5.82. The number of hydrazone groups is 1. The highest BCUT2D eigenvalue weighted by Crippen LogP contribution is 2.34. The van der Waals surface area contributed by atoms with Crippen LogP contribution in [-0.2, 0) is 4.79 Å². The van der Waals surface area contributed by atoms with Gasteiger partial charge >= 0.3 is 6.01 Å². The van der Waals surface area contributed by atoms with Crippen LogP contribution in [0.4, 0.5) is 14.8 Å². The fourth-order valence-corrected chi connectivity index (χ4v) is 3.94. The summed E-state index contributed by atoms with van der Waals surface area (Å²) < 4.78 is 32.7. The van der Waals surface area contributed by atoms with Crippen LogP contribution in [0.5, 0.6) is 0 Å². The predicted molar refractivity (Wildman–Crippen MR) is 97.6 cm³/mol. The molecule has 1 saturated heterocycles. The molecule has 4 rings (SSSR count). The van der Waals surface area contributed by atoms with Gasteiger partial charge in [-0.05, 0) is 37.5 Å². The molecule has 0 aliphatic carbocycles. The average molecular weight is 389 g/mol. The first kappa shape index (κ1) is 18.5. The Labute approximate surface area is 161 Å². The number of rotatable bonds is 3. The highest BCUT2D eigenvalue weighted by atomic mass is 19.1. The molecule has 1 aromatic heterocycles. The number of hydrogen-bond acceptors (Lipinski definition) is 6. The number of amides is 1. The molecule has 2 aliphatic rings. The van der Waals surface area contributed by atoms with Crippen LogP contribution in [-0.4, -0.2) is 39.9 Å². The smallest absolute Gasteiger partial charge is 0.318 e. The number of aryl methyl sites for hydroxylation is 1. The van der Waals surface area contributed by atoms with Crippen molar-refractivity contribution >= 4 is 18.1 Å². The van der Waals surface area contributed by atoms with Crippen LogP contribution in [0, 0.1) is 24.5 Å². The largest absolute Gasteiger partial charge is 0.408 e. The Morgan fingerprint density at radius 3 is 2.61 bits per heavy atom. The number of nitrogens with zero attached hydrogens (tertiary/aromatic N) is 5. The van der Waals surface area contributed by atoms with Gasteiger partial charge in [0.1, 0.15) is 11.6 Å². The lowest BCUT2D eigenvalue weighted by Crippen LogP contribution is -2.45. The van der Waals surface area contributed by atoms with Gasteiger partial charge in [0.2, 0.25) is 11.8 Å². The molecule has 0 radical (unpaired) electrons. The zero-order chi connectivity index (χ0) is 19.8. The molecule has 0 saturated carbocycles. The van der Waals surface area contributed by atoms with Gasteiger partial charge in [-0.15, -0.1) is 5.10 Å². The van der Waals surface area contributed by atoms with Crippen molar-refractivity contribution in [1.29, 1.82) is 0 Å². The monoisotopic (exact) mass is 389 g/mol. The van der Waals surface area contributed by atoms with Crippen molar-refractivity contribution in [3.63, 3.8) is 0 Å². The first-order chi connectivity index (χ1) is 13.4. The van der Waals surface area contributed by atoms with Crippen molar-refractivity contribution in [2.45, 2.75) is 45.2 Å². The third-order valence-corrected chi connectivity index (χ3v) is 5.31. The van der Waals surface area contributed by atoms with Crippen LogP contribution < -0.4 is 4.90 Å². The SMILES string of the molecule is Cc1nnc(N2CC[C@H](C(=O)N3N=CC[C@H]3c3cc(F)cc(F)c3)C[C@@H]2C)o1. The summed E-state index contributed by atoms with van der Waals surface area (Å²) in [4.78, 5) is 15.1. The fourth-order valence-electron chi connectivity index (χ4n) is 3.94. The van der Waals surface area contributed by atoms with E-state index in [4.69, 9.17) is 4.42 Å². The van der Waals surface area contributed by atoms with Gasteiger partial charge in [0.15, 0.2) is 0 Å². The number of carbonyl (C=O) groups excluding carboxylic acids is 1. The molecular weight excluding hydrogens is 368 g/mol. The minimum Gasteiger partial charge on any atom is -0.408 e. The lowest BCUT2D eigenvalue weighted by atomic mass is 9.90. The molecule has 3 atom stereocenters. The maximum atomic E-state index is 13.6. The van der Waals surface area contributed by atoms with E-state index in [2.05, 4.69) is 15.3 Å². The molecule has 7 nitrogen and oxygen atoms in total. The maximum Gasteiger partial charge on any atom is 0.318 e. The molecule has 0 spiro atoms. The Balaban J connectivity index is 1.47. The quantitative estimate of drug-likeness (QED) is 0.806. The van der Waals surface area contributed by atoms with Gasteiger partial charge in [-0.25, -0.2) is 13.8 Å². The van der Waals surface area contributed by atoms with Crippen LogP contribution in [0.2, 0.25) is 0 Å². The summed E-state index contributed by atoms with van der Waals surface area (Å²) in [6, 6.07) is 3.35. The minimum absolute atomic E-state index is 0.0409. The molecule has 9 heteroatoms. The Bertz CT molecular complexity index is 895. The number of halogens is 2. The van der Waals surface area contributed by atoms with E-state index in [0.717, 1.165) is 6.07 Å². The van der Waals surface area contributed by atoms with Crippen LogP contribution in [0.1, 0.15) is 43.7 Å². The lowest BCUT2D eigenvalue weighted by molar-refractivity contribution is -0.138. The molecule has 0 N–H and O–H groups in total. The summed E-state index contributed by atoms with van der Waals surface area (Å²) in [6.45, 7) is 4.35. The number of hydrogen-bond donors (Lipinski definition) is 0. The first-order valence-electron chi connectivity index (χ1n) is 9.30. The molecule has 148 valence electrons. The van der Waals surface area contributed by atoms with Crippen molar-refractivity contribution in [1.82, 2.24) is 15.2 Å². The molecule has 1 fully saturated rings. The van der Waals surface area contributed by atoms with E-state index in [1.807, 2.05) is 11.8 Å². The topological polar surface area (TPSA) is 74.8 Å². The van der Waals surface area contributed by atoms with Crippen molar-refractivity contribution in [2.24, 2.45) is 11.0 Å². The van der Waals surface area contributed by atoms with Crippen LogP contribution in [0.15, 0.2) is 27.7 Å². The Morgan fingerprint density at radius 1 is 1.21 bits per heavy atom. The third kappa shape index (κ3) is 3.48. The third-order valence-electron chi connectivity index (χ3n) is 5.31. The Kier molecular flexibility index (Phi) is 4.82. The van der Waals surface area contributed by atoms with Gasteiger partial charge in [0.05, 0.1) is 6.04 Å². The maximum absolute atomic E-state index is 13.6. The standard InChI is InChI=1S/C19H21F2N5O2/c1-11-7-13(4-6-25(11)19-24-23-12(2)28-19)18(27)26-17(3-5-22-26)14-8-15(20)10-16(21)9-14/h5,8-11,13,17H,3-4,6-7H2,1-2H3/t11-,13-,17-/m0/s1. The van der Waals surface area contributed by atoms with Crippen LogP contribution in [0.25, 0.3) is 0 Å². The van der Waals surface area contributed by atoms with E-state index in [-0.39, 0.29) is 17.9 Å². The summed E-state index contributed by atoms with van der Waals surface area (Å²) >= 11 is 0. The summed E-state index contributed by atoms with van der Waals surface area (Å²) in [5.41, 5.74) is 0.412. The second-order valence-corrected chi connectivity index (χ2v) is 7.30. The summed E-state index contributed by atoms with van der Waals surface area (Å²) in [7, 11) is 0. The number of anilines is 1. The molecule has 2 aromatic rings. The Hall–Kier alpha value is -2.84. The van der Waals surface area contributed by atoms with E-state index in [1.54, 1.807) is 13.1 Å². The molecule has 2 aliphatic heterocycles. The lowest BCUT2D eigenvalue weighted by Gasteiger charge is -2.37. The number of benzene rings is 1. The van der Waals surface area contributed by atoms with E-state index < -0.39 is 17.7 Å². The van der Waals surface area contributed by atoms with Gasteiger partial charge in [-0.2, -0.15) is 5.10 Å².